The van der Waals surface area contributed by atoms with E-state index in [2.05, 4.69) is 23.0 Å². The van der Waals surface area contributed by atoms with Gasteiger partial charge < -0.3 is 10.5 Å². The third-order valence-electron chi connectivity index (χ3n) is 3.63. The zero-order valence-electron chi connectivity index (χ0n) is 11.2. The number of rotatable bonds is 2. The second-order valence-corrected chi connectivity index (χ2v) is 4.79. The summed E-state index contributed by atoms with van der Waals surface area (Å²) in [4.78, 5) is 9.09. The molecule has 0 aliphatic carbocycles. The lowest BCUT2D eigenvalue weighted by Crippen LogP contribution is -2.12. The van der Waals surface area contributed by atoms with E-state index in [1.54, 1.807) is 0 Å². The van der Waals surface area contributed by atoms with Crippen molar-refractivity contribution >= 4 is 5.82 Å². The summed E-state index contributed by atoms with van der Waals surface area (Å²) in [6.07, 6.45) is 0.857. The van der Waals surface area contributed by atoms with Crippen LogP contribution >= 0.6 is 0 Å². The number of nitrogen functional groups attached to an aromatic ring is 1. The molecule has 0 amide bonds. The van der Waals surface area contributed by atoms with Crippen LogP contribution in [0.4, 0.5) is 5.82 Å². The van der Waals surface area contributed by atoms with Crippen LogP contribution in [0.5, 0.6) is 5.75 Å². The average molecular weight is 255 g/mol. The first kappa shape index (κ1) is 12.0. The number of benzene rings is 1. The normalized spacial score (nSPS) is 17.1. The Labute approximate surface area is 112 Å². The largest absolute Gasteiger partial charge is 0.492 e. The molecule has 0 bridgehead atoms. The van der Waals surface area contributed by atoms with Gasteiger partial charge in [0.15, 0.2) is 0 Å². The van der Waals surface area contributed by atoms with E-state index in [1.807, 2.05) is 25.1 Å². The number of hydrogen-bond acceptors (Lipinski definition) is 4. The van der Waals surface area contributed by atoms with Crippen molar-refractivity contribution in [1.82, 2.24) is 9.97 Å². The highest BCUT2D eigenvalue weighted by atomic mass is 16.5. The molecule has 1 aromatic carbocycles. The molecule has 1 aliphatic rings. The van der Waals surface area contributed by atoms with Gasteiger partial charge in [0.1, 0.15) is 24.0 Å². The van der Waals surface area contributed by atoms with Crippen LogP contribution in [0.15, 0.2) is 24.3 Å². The molecular weight excluding hydrogens is 238 g/mol. The molecule has 0 spiro atoms. The lowest BCUT2D eigenvalue weighted by Gasteiger charge is -2.12. The minimum atomic E-state index is 0.0862. The first-order valence-electron chi connectivity index (χ1n) is 6.55. The maximum absolute atomic E-state index is 6.03. The molecule has 1 aliphatic heterocycles. The number of fused-ring (bicyclic) bond motifs is 1. The predicted molar refractivity (Wildman–Crippen MR) is 74.3 cm³/mol. The number of anilines is 1. The van der Waals surface area contributed by atoms with E-state index in [0.717, 1.165) is 34.8 Å². The van der Waals surface area contributed by atoms with Crippen molar-refractivity contribution in [2.24, 2.45) is 0 Å². The summed E-state index contributed by atoms with van der Waals surface area (Å²) >= 11 is 0. The summed E-state index contributed by atoms with van der Waals surface area (Å²) < 4.78 is 5.68. The predicted octanol–water partition coefficient (Wildman–Crippen LogP) is 2.45. The molecule has 1 aromatic heterocycles. The molecule has 19 heavy (non-hydrogen) atoms. The van der Waals surface area contributed by atoms with Crippen molar-refractivity contribution in [3.63, 3.8) is 0 Å². The van der Waals surface area contributed by atoms with Gasteiger partial charge in [-0.05, 0) is 19.4 Å². The van der Waals surface area contributed by atoms with Gasteiger partial charge in [-0.1, -0.05) is 25.1 Å². The summed E-state index contributed by atoms with van der Waals surface area (Å²) in [7, 11) is 0. The van der Waals surface area contributed by atoms with Crippen LogP contribution in [0.2, 0.25) is 0 Å². The van der Waals surface area contributed by atoms with Crippen molar-refractivity contribution in [3.05, 3.63) is 46.9 Å². The van der Waals surface area contributed by atoms with Crippen LogP contribution in [-0.2, 0) is 6.42 Å². The van der Waals surface area contributed by atoms with E-state index in [9.17, 15) is 0 Å². The minimum Gasteiger partial charge on any atom is -0.492 e. The lowest BCUT2D eigenvalue weighted by molar-refractivity contribution is 0.339. The Hall–Kier alpha value is -2.10. The van der Waals surface area contributed by atoms with Crippen molar-refractivity contribution in [2.45, 2.75) is 26.2 Å². The number of para-hydroxylation sites is 1. The third-order valence-corrected chi connectivity index (χ3v) is 3.63. The molecule has 0 fully saturated rings. The van der Waals surface area contributed by atoms with E-state index in [4.69, 9.17) is 10.5 Å². The monoisotopic (exact) mass is 255 g/mol. The van der Waals surface area contributed by atoms with E-state index in [1.165, 1.54) is 0 Å². The number of nitrogens with two attached hydrogens (primary N) is 1. The molecule has 0 saturated carbocycles. The highest BCUT2D eigenvalue weighted by molar-refractivity contribution is 5.46. The molecule has 0 radical (unpaired) electrons. The number of aryl methyl sites for hydroxylation is 1. The van der Waals surface area contributed by atoms with Gasteiger partial charge in [0.05, 0.1) is 5.92 Å². The fraction of sp³-hybridized carbons (Fsp3) is 0.333. The van der Waals surface area contributed by atoms with Gasteiger partial charge in [0.2, 0.25) is 0 Å². The zero-order chi connectivity index (χ0) is 13.4. The lowest BCUT2D eigenvalue weighted by atomic mass is 10.00. The molecule has 4 nitrogen and oxygen atoms in total. The first-order valence-corrected chi connectivity index (χ1v) is 6.55. The third kappa shape index (κ3) is 1.93. The Balaban J connectivity index is 2.05. The average Bonchev–Trinajstić information content (AvgIpc) is 2.82. The summed E-state index contributed by atoms with van der Waals surface area (Å²) in [5.74, 6) is 2.36. The number of nitrogens with zero attached hydrogens (tertiary/aromatic N) is 2. The summed E-state index contributed by atoms with van der Waals surface area (Å²) in [5, 5.41) is 0. The molecule has 0 saturated heterocycles. The topological polar surface area (TPSA) is 61.0 Å². The van der Waals surface area contributed by atoms with Crippen molar-refractivity contribution in [3.8, 4) is 5.75 Å². The molecule has 1 unspecified atom stereocenters. The molecule has 4 heteroatoms. The Kier molecular flexibility index (Phi) is 2.85. The summed E-state index contributed by atoms with van der Waals surface area (Å²) in [6.45, 7) is 4.64. The summed E-state index contributed by atoms with van der Waals surface area (Å²) in [5.41, 5.74) is 9.18. The molecule has 2 N–H and O–H groups in total. The maximum Gasteiger partial charge on any atom is 0.142 e. The standard InChI is InChI=1S/C15H17N3O/c1-3-10-9(2)17-15(18-14(10)16)12-8-19-13-7-5-4-6-11(12)13/h4-7,12H,3,8H2,1-2H3,(H2,16,17,18). The highest BCUT2D eigenvalue weighted by Crippen LogP contribution is 2.36. The van der Waals surface area contributed by atoms with E-state index < -0.39 is 0 Å². The Morgan fingerprint density at radius 3 is 2.84 bits per heavy atom. The van der Waals surface area contributed by atoms with Crippen LogP contribution < -0.4 is 10.5 Å². The van der Waals surface area contributed by atoms with Gasteiger partial charge in [0, 0.05) is 16.8 Å². The van der Waals surface area contributed by atoms with Crippen LogP contribution in [0.3, 0.4) is 0 Å². The first-order chi connectivity index (χ1) is 9.20. The van der Waals surface area contributed by atoms with E-state index in [-0.39, 0.29) is 5.92 Å². The Bertz CT molecular complexity index is 602. The second kappa shape index (κ2) is 4.53. The number of ether oxygens (including phenoxy) is 1. The van der Waals surface area contributed by atoms with E-state index >= 15 is 0 Å². The molecule has 1 atom stereocenters. The Morgan fingerprint density at radius 1 is 1.32 bits per heavy atom. The Morgan fingerprint density at radius 2 is 2.11 bits per heavy atom. The highest BCUT2D eigenvalue weighted by Gasteiger charge is 2.28. The van der Waals surface area contributed by atoms with Crippen LogP contribution in [-0.4, -0.2) is 16.6 Å². The fourth-order valence-corrected chi connectivity index (χ4v) is 2.61. The SMILES string of the molecule is CCc1c(C)nc(C2COc3ccccc32)nc1N. The van der Waals surface area contributed by atoms with Gasteiger partial charge in [0.25, 0.3) is 0 Å². The van der Waals surface area contributed by atoms with Gasteiger partial charge in [-0.15, -0.1) is 0 Å². The quantitative estimate of drug-likeness (QED) is 0.895. The van der Waals surface area contributed by atoms with Crippen molar-refractivity contribution < 1.29 is 4.74 Å². The molecule has 3 rings (SSSR count). The number of aromatic nitrogens is 2. The van der Waals surface area contributed by atoms with Gasteiger partial charge in [-0.3, -0.25) is 0 Å². The number of hydrogen-bond donors (Lipinski definition) is 1. The molecule has 2 aromatic rings. The minimum absolute atomic E-state index is 0.0862. The second-order valence-electron chi connectivity index (χ2n) is 4.79. The fourth-order valence-electron chi connectivity index (χ4n) is 2.61. The van der Waals surface area contributed by atoms with Crippen LogP contribution in [0.1, 0.15) is 35.5 Å². The molecular formula is C15H17N3O. The van der Waals surface area contributed by atoms with Gasteiger partial charge in [-0.2, -0.15) is 0 Å². The van der Waals surface area contributed by atoms with Gasteiger partial charge >= 0.3 is 0 Å². The van der Waals surface area contributed by atoms with Crippen LogP contribution in [0, 0.1) is 6.92 Å². The molecule has 98 valence electrons. The zero-order valence-corrected chi connectivity index (χ0v) is 11.2. The van der Waals surface area contributed by atoms with E-state index in [0.29, 0.717) is 12.4 Å². The van der Waals surface area contributed by atoms with Crippen molar-refractivity contribution in [2.75, 3.05) is 12.3 Å². The van der Waals surface area contributed by atoms with Crippen LogP contribution in [0.25, 0.3) is 0 Å². The van der Waals surface area contributed by atoms with Crippen molar-refractivity contribution in [1.29, 1.82) is 0 Å². The maximum atomic E-state index is 6.03. The molecule has 2 heterocycles. The summed E-state index contributed by atoms with van der Waals surface area (Å²) in [6, 6.07) is 8.03. The van der Waals surface area contributed by atoms with Gasteiger partial charge in [-0.25, -0.2) is 9.97 Å². The smallest absolute Gasteiger partial charge is 0.142 e.